The molecule has 10 fully saturated rings. The lowest BCUT2D eigenvalue weighted by Gasteiger charge is -2.47. The zero-order chi connectivity index (χ0) is 74.7. The molecule has 0 unspecified atom stereocenters. The average molecular weight is 1370 g/mol. The molecule has 10 rings (SSSR count). The zero-order valence-corrected chi connectivity index (χ0v) is 69.5. The molecule has 96 heavy (non-hydrogen) atoms. The van der Waals surface area contributed by atoms with E-state index < -0.39 is 5.92 Å². The number of ether oxygens (including phenoxy) is 1. The monoisotopic (exact) mass is 1370 g/mol. The molecule has 0 atom stereocenters. The summed E-state index contributed by atoms with van der Waals surface area (Å²) in [7, 11) is 2.19. The number of morpholine rings is 1. The van der Waals surface area contributed by atoms with E-state index in [4.69, 9.17) is 4.74 Å². The van der Waals surface area contributed by atoms with Crippen molar-refractivity contribution in [2.24, 2.45) is 11.8 Å². The van der Waals surface area contributed by atoms with Crippen molar-refractivity contribution in [1.29, 1.82) is 0 Å². The molecule has 0 saturated carbocycles. The first-order chi connectivity index (χ1) is 43.2. The Morgan fingerprint density at radius 1 is 0.354 bits per heavy atom. The summed E-state index contributed by atoms with van der Waals surface area (Å²) in [4.78, 5) is 57.9. The van der Waals surface area contributed by atoms with Crippen LogP contribution >= 0.6 is 0 Å². The molecule has 0 aromatic carbocycles. The summed E-state index contributed by atoms with van der Waals surface area (Å²) >= 11 is 0. The molecule has 16 nitrogen and oxygen atoms in total. The van der Waals surface area contributed by atoms with Crippen LogP contribution in [-0.4, -0.2) is 284 Å². The number of nitrogens with one attached hydrogen (secondary N) is 1. The van der Waals surface area contributed by atoms with Gasteiger partial charge in [-0.1, -0.05) is 13.8 Å². The van der Waals surface area contributed by atoms with Crippen LogP contribution in [0, 0.1) is 11.8 Å². The number of alkyl halides is 2. The summed E-state index contributed by atoms with van der Waals surface area (Å²) in [6.45, 7) is 92.7. The highest BCUT2D eigenvalue weighted by atomic mass is 19.3. The predicted octanol–water partition coefficient (Wildman–Crippen LogP) is 14.4. The molecule has 10 saturated heterocycles. The molecule has 0 aliphatic carbocycles. The minimum Gasteiger partial charge on any atom is -0.379 e. The SMILES string of the molecule is CC(C)(C)N1CC(F)(F)C1.CC(C)(C)N1CC1.CC(C)(C)N1CCC1=O.CC(C)(C)N1CCCC1.CC(C)(C)N1CCCC1=O.CC(C)(C)N1CCNC1=O.CC(C)(C)N1CCOCC1.CC1CCN(C(C)(C)C)CC1.CC1CN(C(C)(C)C)C1.CN1CCN(C(C)(C)C)CC1. The second-order valence-electron chi connectivity index (χ2n) is 39.0. The van der Waals surface area contributed by atoms with Gasteiger partial charge >= 0.3 is 6.03 Å². The lowest BCUT2D eigenvalue weighted by molar-refractivity contribution is -0.160. The number of halogens is 2. The van der Waals surface area contributed by atoms with Gasteiger partial charge in [0, 0.05) is 160 Å². The van der Waals surface area contributed by atoms with Crippen molar-refractivity contribution in [2.75, 3.05) is 151 Å². The summed E-state index contributed by atoms with van der Waals surface area (Å²) in [5.74, 6) is 0.0700. The highest BCUT2D eigenvalue weighted by Crippen LogP contribution is 2.33. The fourth-order valence-electron chi connectivity index (χ4n) is 12.2. The standard InChI is InChI=1S/C10H21N.C9H20N2.C8H17NO.C8H15NO.2C8H17N.C7H13F2N.C7H14N2O.C7H13NO.C6H13N/c1-9-5-7-11(8-6-9)10(2,3)4;1-9(2,3)11-7-5-10(4)6-8-11;1-8(2,3)9-4-6-10-7-5-9;1-8(2,3)9-6-4-5-7(9)10;1-7-5-9(6-7)8(2,3)4;1-8(2,3)9-6-4-5-7-9;1-6(2,3)10-4-7(8,9)5-10;1-7(2,3)9-5-4-8-6(9)10;1-7(2,3)8-5-4-6(8)9;1-6(2,3)7-4-5-7/h9H,5-8H2,1-4H3;5-8H2,1-4H3;4-7H2,1-3H3;4-6H2,1-3H3;7H,5-6H2,1-4H3;4-7H2,1-3H3;4-5H2,1-3H3;4-5H2,1-3H3,(H,8,10);4-5H2,1-3H3;4-5H2,1-3H3. The van der Waals surface area contributed by atoms with Crippen LogP contribution in [0.3, 0.4) is 0 Å². The number of likely N-dealkylation sites (tertiary alicyclic amines) is 6. The smallest absolute Gasteiger partial charge is 0.317 e. The Labute approximate surface area is 593 Å². The van der Waals surface area contributed by atoms with E-state index in [0.29, 0.717) is 45.0 Å². The number of carbonyl (C=O) groups excluding carboxylic acids is 3. The normalized spacial score (nSPS) is 22.7. The molecule has 0 aromatic heterocycles. The van der Waals surface area contributed by atoms with Crippen LogP contribution in [0.4, 0.5) is 13.6 Å². The van der Waals surface area contributed by atoms with Crippen LogP contribution in [0.5, 0.6) is 0 Å². The molecule has 10 heterocycles. The first-order valence-corrected chi connectivity index (χ1v) is 37.7. The van der Waals surface area contributed by atoms with Crippen molar-refractivity contribution in [2.45, 2.75) is 328 Å². The molecule has 4 amide bonds. The van der Waals surface area contributed by atoms with Crippen molar-refractivity contribution >= 4 is 17.8 Å². The highest BCUT2D eigenvalue weighted by Gasteiger charge is 2.48. The van der Waals surface area contributed by atoms with Crippen LogP contribution in [0.15, 0.2) is 0 Å². The number of amides is 4. The molecule has 0 spiro atoms. The highest BCUT2D eigenvalue weighted by molar-refractivity contribution is 5.82. The van der Waals surface area contributed by atoms with Crippen molar-refractivity contribution in [1.82, 2.24) is 59.2 Å². The summed E-state index contributed by atoms with van der Waals surface area (Å²) in [6, 6.07) is 0.0625. The minimum absolute atomic E-state index is 0.0272. The van der Waals surface area contributed by atoms with Gasteiger partial charge in [0.05, 0.1) is 26.3 Å². The van der Waals surface area contributed by atoms with Crippen LogP contribution in [0.2, 0.25) is 0 Å². The fraction of sp³-hybridized carbons (Fsp3) is 0.962. The van der Waals surface area contributed by atoms with Crippen LogP contribution in [0.25, 0.3) is 0 Å². The Hall–Kier alpha value is -2.29. The number of hydrogen-bond acceptors (Lipinski definition) is 12. The number of rotatable bonds is 0. The predicted molar refractivity (Wildman–Crippen MR) is 406 cm³/mol. The maximum Gasteiger partial charge on any atom is 0.317 e. The van der Waals surface area contributed by atoms with Crippen molar-refractivity contribution in [3.8, 4) is 0 Å². The molecule has 0 bridgehead atoms. The van der Waals surface area contributed by atoms with E-state index in [1.807, 2.05) is 56.2 Å². The van der Waals surface area contributed by atoms with Crippen LogP contribution in [0.1, 0.15) is 267 Å². The maximum absolute atomic E-state index is 12.3. The Balaban J connectivity index is 0.000000534. The third-order valence-electron chi connectivity index (χ3n) is 19.6. The fourth-order valence-corrected chi connectivity index (χ4v) is 12.2. The van der Waals surface area contributed by atoms with E-state index >= 15 is 0 Å². The van der Waals surface area contributed by atoms with Crippen molar-refractivity contribution < 1.29 is 27.9 Å². The lowest BCUT2D eigenvalue weighted by Crippen LogP contribution is -2.62. The number of piperazine rings is 1. The molecule has 0 radical (unpaired) electrons. The van der Waals surface area contributed by atoms with Crippen molar-refractivity contribution in [3.05, 3.63) is 0 Å². The number of β-lactam (4-membered cyclic amide) rings is 1. The summed E-state index contributed by atoms with van der Waals surface area (Å²) in [5.41, 5.74) is 2.30. The largest absolute Gasteiger partial charge is 0.379 e. The lowest BCUT2D eigenvalue weighted by atomic mass is 9.94. The van der Waals surface area contributed by atoms with Crippen LogP contribution in [-0.2, 0) is 14.3 Å². The Morgan fingerprint density at radius 2 is 0.688 bits per heavy atom. The number of hydrogen-bond donors (Lipinski definition) is 1. The Kier molecular flexibility index (Phi) is 36.6. The van der Waals surface area contributed by atoms with Gasteiger partial charge in [0.2, 0.25) is 11.8 Å². The molecular weight excluding hydrogens is 1210 g/mol. The molecule has 10 aliphatic rings. The van der Waals surface area contributed by atoms with Crippen LogP contribution < -0.4 is 5.32 Å². The number of nitrogens with zero attached hydrogens (tertiary/aromatic N) is 11. The molecule has 1 N–H and O–H groups in total. The average Bonchev–Trinajstić information content (AvgIpc) is 1.04. The number of carbonyl (C=O) groups is 3. The molecular formula is C78H160F2N12O4. The van der Waals surface area contributed by atoms with Gasteiger partial charge in [-0.25, -0.2) is 13.6 Å². The Morgan fingerprint density at radius 3 is 0.885 bits per heavy atom. The summed E-state index contributed by atoms with van der Waals surface area (Å²) in [5, 5.41) is 2.76. The van der Waals surface area contributed by atoms with Gasteiger partial charge in [0.15, 0.2) is 0 Å². The Bertz CT molecular complexity index is 2100. The van der Waals surface area contributed by atoms with Crippen molar-refractivity contribution in [3.63, 3.8) is 0 Å². The zero-order valence-electron chi connectivity index (χ0n) is 69.5. The third-order valence-corrected chi connectivity index (χ3v) is 19.6. The number of likely N-dealkylation sites (N-methyl/N-ethyl adjacent to an activating group) is 1. The first kappa shape index (κ1) is 91.7. The maximum atomic E-state index is 12.3. The van der Waals surface area contributed by atoms with Gasteiger partial charge in [-0.2, -0.15) is 0 Å². The quantitative estimate of drug-likeness (QED) is 0.184. The third kappa shape index (κ3) is 37.1. The first-order valence-electron chi connectivity index (χ1n) is 37.7. The van der Waals surface area contributed by atoms with Gasteiger partial charge in [0.1, 0.15) is 0 Å². The van der Waals surface area contributed by atoms with Gasteiger partial charge < -0.3 is 29.7 Å². The molecule has 570 valence electrons. The van der Waals surface area contributed by atoms with E-state index in [2.05, 4.69) is 227 Å². The van der Waals surface area contributed by atoms with Gasteiger partial charge in [-0.05, 0) is 285 Å². The second-order valence-corrected chi connectivity index (χ2v) is 39.0. The number of urea groups is 1. The van der Waals surface area contributed by atoms with Gasteiger partial charge in [0.25, 0.3) is 5.92 Å². The second kappa shape index (κ2) is 38.3. The molecule has 10 aliphatic heterocycles. The van der Waals surface area contributed by atoms with E-state index in [1.165, 1.54) is 104 Å². The van der Waals surface area contributed by atoms with Gasteiger partial charge in [-0.3, -0.25) is 43.9 Å². The molecule has 18 heteroatoms. The minimum atomic E-state index is -2.42. The van der Waals surface area contributed by atoms with E-state index in [-0.39, 0.29) is 41.3 Å². The summed E-state index contributed by atoms with van der Waals surface area (Å²) < 4.78 is 29.8. The van der Waals surface area contributed by atoms with E-state index in [1.54, 1.807) is 4.90 Å². The van der Waals surface area contributed by atoms with E-state index in [0.717, 1.165) is 83.6 Å². The topological polar surface area (TPSA) is 108 Å². The summed E-state index contributed by atoms with van der Waals surface area (Å²) in [6.07, 6.45) is 8.10. The molecule has 0 aromatic rings. The van der Waals surface area contributed by atoms with E-state index in [9.17, 15) is 23.2 Å². The van der Waals surface area contributed by atoms with Gasteiger partial charge in [-0.15, -0.1) is 0 Å². The number of piperidine rings is 1.